The Kier molecular flexibility index (Phi) is 7.09. The molecule has 0 heterocycles. The predicted octanol–water partition coefficient (Wildman–Crippen LogP) is 2.24. The lowest BCUT2D eigenvalue weighted by molar-refractivity contribution is -0.119. The largest absolute Gasteiger partial charge is 0.497 e. The summed E-state index contributed by atoms with van der Waals surface area (Å²) in [5.41, 5.74) is 12.5. The van der Waals surface area contributed by atoms with Gasteiger partial charge in [-0.15, -0.1) is 12.4 Å². The molecular formula is C17H20ClN3O2. The van der Waals surface area contributed by atoms with Gasteiger partial charge in [-0.2, -0.15) is 4.99 Å². The molecule has 122 valence electrons. The minimum absolute atomic E-state index is 0. The van der Waals surface area contributed by atoms with Gasteiger partial charge in [0.05, 0.1) is 13.0 Å². The van der Waals surface area contributed by atoms with Crippen molar-refractivity contribution < 1.29 is 9.53 Å². The number of hydrogen-bond donors (Lipinski definition) is 2. The number of carbonyl (C=O) groups excluding carboxylic acids is 1. The van der Waals surface area contributed by atoms with E-state index in [1.54, 1.807) is 7.11 Å². The number of ether oxygens (including phenoxy) is 1. The number of aliphatic imine (C=N–C) groups is 1. The van der Waals surface area contributed by atoms with Crippen LogP contribution in [0.5, 0.6) is 5.75 Å². The number of nitrogens with zero attached hydrogens (tertiary/aromatic N) is 1. The Hall–Kier alpha value is -2.53. The van der Waals surface area contributed by atoms with Crippen LogP contribution in [0.1, 0.15) is 17.0 Å². The highest BCUT2D eigenvalue weighted by Gasteiger charge is 2.21. The molecule has 1 atom stereocenters. The van der Waals surface area contributed by atoms with Gasteiger partial charge in [0.15, 0.2) is 5.96 Å². The molecule has 2 rings (SSSR count). The van der Waals surface area contributed by atoms with E-state index in [2.05, 4.69) is 4.99 Å². The number of hydrogen-bond acceptors (Lipinski definition) is 2. The Bertz CT molecular complexity index is 671. The Morgan fingerprint density at radius 3 is 2.43 bits per heavy atom. The van der Waals surface area contributed by atoms with E-state index < -0.39 is 5.92 Å². The minimum atomic E-state index is -0.459. The maximum absolute atomic E-state index is 12.4. The molecule has 0 saturated carbocycles. The fourth-order valence-corrected chi connectivity index (χ4v) is 2.26. The zero-order valence-corrected chi connectivity index (χ0v) is 13.6. The maximum Gasteiger partial charge on any atom is 0.256 e. The van der Waals surface area contributed by atoms with Crippen molar-refractivity contribution >= 4 is 24.3 Å². The molecule has 0 bridgehead atoms. The summed E-state index contributed by atoms with van der Waals surface area (Å²) < 4.78 is 5.22. The van der Waals surface area contributed by atoms with Crippen LogP contribution >= 0.6 is 12.4 Å². The van der Waals surface area contributed by atoms with Gasteiger partial charge >= 0.3 is 0 Å². The smallest absolute Gasteiger partial charge is 0.256 e. The molecule has 23 heavy (non-hydrogen) atoms. The molecule has 0 fully saturated rings. The van der Waals surface area contributed by atoms with Crippen LogP contribution in [0.15, 0.2) is 59.6 Å². The van der Waals surface area contributed by atoms with Crippen molar-refractivity contribution in [1.82, 2.24) is 0 Å². The van der Waals surface area contributed by atoms with Crippen LogP contribution in [-0.2, 0) is 11.2 Å². The highest BCUT2D eigenvalue weighted by Crippen LogP contribution is 2.25. The van der Waals surface area contributed by atoms with Crippen LogP contribution < -0.4 is 16.2 Å². The molecule has 1 unspecified atom stereocenters. The van der Waals surface area contributed by atoms with Crippen molar-refractivity contribution in [2.24, 2.45) is 16.5 Å². The molecule has 0 aliphatic rings. The number of methoxy groups -OCH3 is 1. The first-order valence-electron chi connectivity index (χ1n) is 6.91. The second-order valence-electron chi connectivity index (χ2n) is 4.89. The highest BCUT2D eigenvalue weighted by molar-refractivity contribution is 5.95. The van der Waals surface area contributed by atoms with E-state index in [4.69, 9.17) is 16.2 Å². The molecule has 2 aromatic carbocycles. The summed E-state index contributed by atoms with van der Waals surface area (Å²) in [6, 6.07) is 17.1. The van der Waals surface area contributed by atoms with Crippen LogP contribution in [0.2, 0.25) is 0 Å². The van der Waals surface area contributed by atoms with Gasteiger partial charge in [-0.3, -0.25) is 4.79 Å². The number of benzene rings is 2. The second kappa shape index (κ2) is 8.80. The maximum atomic E-state index is 12.4. The van der Waals surface area contributed by atoms with Crippen LogP contribution in [0.4, 0.5) is 0 Å². The zero-order valence-electron chi connectivity index (χ0n) is 12.8. The normalized spacial score (nSPS) is 11.0. The summed E-state index contributed by atoms with van der Waals surface area (Å²) >= 11 is 0. The van der Waals surface area contributed by atoms with Gasteiger partial charge in [0.25, 0.3) is 5.91 Å². The number of rotatable bonds is 5. The van der Waals surface area contributed by atoms with E-state index in [1.807, 2.05) is 54.6 Å². The minimum Gasteiger partial charge on any atom is -0.497 e. The van der Waals surface area contributed by atoms with Crippen LogP contribution in [0.3, 0.4) is 0 Å². The molecule has 5 nitrogen and oxygen atoms in total. The van der Waals surface area contributed by atoms with Gasteiger partial charge in [-0.25, -0.2) is 0 Å². The van der Waals surface area contributed by atoms with Gasteiger partial charge in [0.2, 0.25) is 0 Å². The number of amides is 1. The molecule has 6 heteroatoms. The SMILES string of the molecule is COc1cccc(C(Cc2ccccc2)C(=O)N=C(N)N)c1.Cl. The summed E-state index contributed by atoms with van der Waals surface area (Å²) in [5.74, 6) is -0.365. The first-order valence-corrected chi connectivity index (χ1v) is 6.91. The van der Waals surface area contributed by atoms with Crippen molar-refractivity contribution in [2.45, 2.75) is 12.3 Å². The van der Waals surface area contributed by atoms with Crippen molar-refractivity contribution in [2.75, 3.05) is 7.11 Å². The first-order chi connectivity index (χ1) is 10.6. The van der Waals surface area contributed by atoms with Crippen molar-refractivity contribution in [3.05, 3.63) is 65.7 Å². The third-order valence-corrected chi connectivity index (χ3v) is 3.32. The first kappa shape index (κ1) is 18.5. The van der Waals surface area contributed by atoms with E-state index in [1.165, 1.54) is 0 Å². The quantitative estimate of drug-likeness (QED) is 0.648. The number of carbonyl (C=O) groups is 1. The van der Waals surface area contributed by atoms with Crippen LogP contribution in [0, 0.1) is 0 Å². The van der Waals surface area contributed by atoms with Crippen LogP contribution in [-0.4, -0.2) is 19.0 Å². The zero-order chi connectivity index (χ0) is 15.9. The molecule has 0 radical (unpaired) electrons. The Morgan fingerprint density at radius 2 is 1.83 bits per heavy atom. The second-order valence-corrected chi connectivity index (χ2v) is 4.89. The Morgan fingerprint density at radius 1 is 1.13 bits per heavy atom. The summed E-state index contributed by atoms with van der Waals surface area (Å²) in [7, 11) is 1.59. The van der Waals surface area contributed by atoms with Crippen molar-refractivity contribution in [3.8, 4) is 5.75 Å². The molecule has 0 aliphatic heterocycles. The third kappa shape index (κ3) is 5.30. The predicted molar refractivity (Wildman–Crippen MR) is 93.9 cm³/mol. The summed E-state index contributed by atoms with van der Waals surface area (Å²) in [4.78, 5) is 16.1. The summed E-state index contributed by atoms with van der Waals surface area (Å²) in [6.07, 6.45) is 0.517. The molecule has 4 N–H and O–H groups in total. The number of halogens is 1. The number of nitrogens with two attached hydrogens (primary N) is 2. The molecule has 0 aliphatic carbocycles. The van der Waals surface area contributed by atoms with Crippen molar-refractivity contribution in [3.63, 3.8) is 0 Å². The molecule has 0 saturated heterocycles. The van der Waals surface area contributed by atoms with Gasteiger partial charge in [-0.1, -0.05) is 42.5 Å². The average molecular weight is 334 g/mol. The van der Waals surface area contributed by atoms with Gasteiger partial charge in [0, 0.05) is 0 Å². The Balaban J connectivity index is 0.00000264. The third-order valence-electron chi connectivity index (χ3n) is 3.32. The number of guanidine groups is 1. The molecule has 0 aromatic heterocycles. The summed E-state index contributed by atoms with van der Waals surface area (Å²) in [5, 5.41) is 0. The van der Waals surface area contributed by atoms with E-state index >= 15 is 0 Å². The van der Waals surface area contributed by atoms with Gasteiger partial charge in [0.1, 0.15) is 5.75 Å². The van der Waals surface area contributed by atoms with Crippen LogP contribution in [0.25, 0.3) is 0 Å². The highest BCUT2D eigenvalue weighted by atomic mass is 35.5. The standard InChI is InChI=1S/C17H19N3O2.ClH/c1-22-14-9-5-8-13(11-14)15(16(21)20-17(18)19)10-12-6-3-2-4-7-12;/h2-9,11,15H,10H2,1H3,(H4,18,19,20,21);1H. The van der Waals surface area contributed by atoms with E-state index in [0.717, 1.165) is 11.1 Å². The molecule has 0 spiro atoms. The van der Waals surface area contributed by atoms with E-state index in [0.29, 0.717) is 12.2 Å². The lowest BCUT2D eigenvalue weighted by atomic mass is 9.91. The van der Waals surface area contributed by atoms with E-state index in [9.17, 15) is 4.79 Å². The lowest BCUT2D eigenvalue weighted by Gasteiger charge is -2.15. The van der Waals surface area contributed by atoms with Crippen molar-refractivity contribution in [1.29, 1.82) is 0 Å². The average Bonchev–Trinajstić information content (AvgIpc) is 2.53. The fraction of sp³-hybridized carbons (Fsp3) is 0.176. The topological polar surface area (TPSA) is 90.7 Å². The molecule has 2 aromatic rings. The summed E-state index contributed by atoms with van der Waals surface area (Å²) in [6.45, 7) is 0. The monoisotopic (exact) mass is 333 g/mol. The van der Waals surface area contributed by atoms with E-state index in [-0.39, 0.29) is 24.3 Å². The van der Waals surface area contributed by atoms with Gasteiger partial charge in [-0.05, 0) is 29.7 Å². The molecule has 1 amide bonds. The fourth-order valence-electron chi connectivity index (χ4n) is 2.26. The molecular weight excluding hydrogens is 314 g/mol. The lowest BCUT2D eigenvalue weighted by Crippen LogP contribution is -2.26. The van der Waals surface area contributed by atoms with Gasteiger partial charge < -0.3 is 16.2 Å². The Labute approximate surface area is 141 Å².